The second-order valence-electron chi connectivity index (χ2n) is 7.20. The van der Waals surface area contributed by atoms with Crippen molar-refractivity contribution >= 4 is 34.5 Å². The minimum Gasteiger partial charge on any atom is -0.506 e. The van der Waals surface area contributed by atoms with Crippen molar-refractivity contribution in [1.29, 1.82) is 0 Å². The van der Waals surface area contributed by atoms with Crippen LogP contribution in [0, 0.1) is 0 Å². The van der Waals surface area contributed by atoms with Crippen LogP contribution in [0.2, 0.25) is 5.02 Å². The van der Waals surface area contributed by atoms with Gasteiger partial charge in [0.1, 0.15) is 23.9 Å². The number of hydrogen-bond donors (Lipinski definition) is 2. The average molecular weight is 461 g/mol. The maximum Gasteiger partial charge on any atom is 0.271 e. The molecule has 0 spiro atoms. The molecular formula is C26H21ClN2O4. The Bertz CT molecular complexity index is 1320. The Morgan fingerprint density at radius 2 is 1.79 bits per heavy atom. The van der Waals surface area contributed by atoms with Crippen molar-refractivity contribution < 1.29 is 19.4 Å². The highest BCUT2D eigenvalue weighted by Crippen LogP contribution is 2.29. The number of hydrazone groups is 1. The predicted molar refractivity (Wildman–Crippen MR) is 129 cm³/mol. The minimum atomic E-state index is -0.433. The molecule has 0 saturated carbocycles. The second kappa shape index (κ2) is 10.1. The average Bonchev–Trinajstić information content (AvgIpc) is 2.85. The van der Waals surface area contributed by atoms with Gasteiger partial charge in [0, 0.05) is 16.5 Å². The Kier molecular flexibility index (Phi) is 6.76. The third kappa shape index (κ3) is 5.25. The molecule has 0 heterocycles. The van der Waals surface area contributed by atoms with E-state index >= 15 is 0 Å². The van der Waals surface area contributed by atoms with E-state index in [9.17, 15) is 9.90 Å². The number of phenols is 1. The van der Waals surface area contributed by atoms with Gasteiger partial charge in [-0.05, 0) is 53.4 Å². The normalized spacial score (nSPS) is 11.0. The highest BCUT2D eigenvalue weighted by atomic mass is 35.5. The van der Waals surface area contributed by atoms with Crippen molar-refractivity contribution in [3.05, 3.63) is 101 Å². The molecule has 0 bridgehead atoms. The van der Waals surface area contributed by atoms with Crippen LogP contribution in [-0.4, -0.2) is 24.3 Å². The molecule has 4 aromatic rings. The lowest BCUT2D eigenvalue weighted by Gasteiger charge is -2.11. The highest BCUT2D eigenvalue weighted by molar-refractivity contribution is 6.32. The van der Waals surface area contributed by atoms with Crippen LogP contribution in [0.4, 0.5) is 0 Å². The van der Waals surface area contributed by atoms with Crippen molar-refractivity contribution in [2.45, 2.75) is 6.61 Å². The molecule has 0 unspecified atom stereocenters. The molecule has 4 aromatic carbocycles. The molecule has 7 heteroatoms. The Morgan fingerprint density at radius 3 is 2.52 bits per heavy atom. The zero-order valence-electron chi connectivity index (χ0n) is 17.8. The van der Waals surface area contributed by atoms with Crippen LogP contribution in [0.1, 0.15) is 21.5 Å². The summed E-state index contributed by atoms with van der Waals surface area (Å²) in [4.78, 5) is 12.3. The van der Waals surface area contributed by atoms with Crippen molar-refractivity contribution in [1.82, 2.24) is 5.43 Å². The number of nitrogens with one attached hydrogen (secondary N) is 1. The lowest BCUT2D eigenvalue weighted by molar-refractivity contribution is 0.0955. The fourth-order valence-electron chi connectivity index (χ4n) is 3.29. The molecule has 4 rings (SSSR count). The molecule has 0 radical (unpaired) electrons. The van der Waals surface area contributed by atoms with Crippen molar-refractivity contribution in [2.24, 2.45) is 5.10 Å². The first-order valence-corrected chi connectivity index (χ1v) is 10.5. The number of amides is 1. The zero-order chi connectivity index (χ0) is 23.2. The number of fused-ring (bicyclic) bond motifs is 1. The van der Waals surface area contributed by atoms with Crippen molar-refractivity contribution in [3.8, 4) is 17.2 Å². The van der Waals surface area contributed by atoms with Gasteiger partial charge < -0.3 is 14.6 Å². The van der Waals surface area contributed by atoms with Gasteiger partial charge in [-0.3, -0.25) is 4.79 Å². The Labute approximate surface area is 196 Å². The summed E-state index contributed by atoms with van der Waals surface area (Å²) in [5, 5.41) is 15.5. The number of aromatic hydroxyl groups is 1. The van der Waals surface area contributed by atoms with E-state index < -0.39 is 5.91 Å². The summed E-state index contributed by atoms with van der Waals surface area (Å²) in [6, 6.07) is 23.5. The van der Waals surface area contributed by atoms with Crippen LogP contribution < -0.4 is 14.9 Å². The van der Waals surface area contributed by atoms with Gasteiger partial charge in [-0.2, -0.15) is 5.10 Å². The number of nitrogens with zero attached hydrogens (tertiary/aromatic N) is 1. The largest absolute Gasteiger partial charge is 0.506 e. The number of rotatable bonds is 7. The van der Waals surface area contributed by atoms with Gasteiger partial charge in [-0.25, -0.2) is 5.43 Å². The molecule has 6 nitrogen and oxygen atoms in total. The molecule has 0 saturated heterocycles. The molecule has 1 amide bonds. The summed E-state index contributed by atoms with van der Waals surface area (Å²) >= 11 is 5.86. The maximum atomic E-state index is 12.3. The zero-order valence-corrected chi connectivity index (χ0v) is 18.5. The van der Waals surface area contributed by atoms with Crippen LogP contribution in [0.3, 0.4) is 0 Å². The van der Waals surface area contributed by atoms with E-state index in [2.05, 4.69) is 10.5 Å². The third-order valence-corrected chi connectivity index (χ3v) is 5.35. The smallest absolute Gasteiger partial charge is 0.271 e. The summed E-state index contributed by atoms with van der Waals surface area (Å²) in [6.07, 6.45) is 1.58. The van der Waals surface area contributed by atoms with Gasteiger partial charge in [0.15, 0.2) is 0 Å². The third-order valence-electron chi connectivity index (χ3n) is 5.05. The van der Waals surface area contributed by atoms with Crippen LogP contribution in [0.5, 0.6) is 17.2 Å². The number of phenolic OH excluding ortho intramolecular Hbond substituents is 1. The van der Waals surface area contributed by atoms with Crippen LogP contribution in [0.15, 0.2) is 84.0 Å². The monoisotopic (exact) mass is 460 g/mol. The first-order chi connectivity index (χ1) is 16.0. The second-order valence-corrected chi connectivity index (χ2v) is 7.61. The number of carbonyl (C=O) groups is 1. The van der Waals surface area contributed by atoms with E-state index in [0.29, 0.717) is 12.2 Å². The van der Waals surface area contributed by atoms with Gasteiger partial charge in [0.2, 0.25) is 0 Å². The van der Waals surface area contributed by atoms with Crippen LogP contribution in [0.25, 0.3) is 10.8 Å². The SMILES string of the molecule is COc1ccc(COc2ccc(C=NNC(=O)c3ccc(O)c(Cl)c3)c3ccccc23)cc1. The van der Waals surface area contributed by atoms with Gasteiger partial charge in [0.05, 0.1) is 18.3 Å². The van der Waals surface area contributed by atoms with Crippen LogP contribution in [-0.2, 0) is 6.61 Å². The summed E-state index contributed by atoms with van der Waals surface area (Å²) in [5.74, 6) is 1.03. The van der Waals surface area contributed by atoms with Crippen molar-refractivity contribution in [3.63, 3.8) is 0 Å². The molecule has 166 valence electrons. The van der Waals surface area contributed by atoms with Gasteiger partial charge in [-0.15, -0.1) is 0 Å². The molecule has 0 fully saturated rings. The summed E-state index contributed by atoms with van der Waals surface area (Å²) < 4.78 is 11.3. The molecule has 33 heavy (non-hydrogen) atoms. The fourth-order valence-corrected chi connectivity index (χ4v) is 3.47. The Hall–Kier alpha value is -4.03. The van der Waals surface area contributed by atoms with Gasteiger partial charge >= 0.3 is 0 Å². The molecule has 0 atom stereocenters. The first kappa shape index (κ1) is 22.2. The van der Waals surface area contributed by atoms with Gasteiger partial charge in [0.25, 0.3) is 5.91 Å². The fraction of sp³-hybridized carbons (Fsp3) is 0.0769. The number of halogens is 1. The van der Waals surface area contributed by atoms with E-state index in [1.54, 1.807) is 13.3 Å². The van der Waals surface area contributed by atoms with E-state index in [1.807, 2.05) is 60.7 Å². The van der Waals surface area contributed by atoms with E-state index in [0.717, 1.165) is 33.4 Å². The molecule has 0 aromatic heterocycles. The Morgan fingerprint density at radius 1 is 1.03 bits per heavy atom. The summed E-state index contributed by atoms with van der Waals surface area (Å²) in [6.45, 7) is 0.423. The topological polar surface area (TPSA) is 80.2 Å². The van der Waals surface area contributed by atoms with Crippen LogP contribution >= 0.6 is 11.6 Å². The lowest BCUT2D eigenvalue weighted by Crippen LogP contribution is -2.17. The highest BCUT2D eigenvalue weighted by Gasteiger charge is 2.09. The molecule has 0 aliphatic rings. The van der Waals surface area contributed by atoms with E-state index in [-0.39, 0.29) is 10.8 Å². The maximum absolute atomic E-state index is 12.3. The number of carbonyl (C=O) groups excluding carboxylic acids is 1. The molecule has 0 aliphatic carbocycles. The summed E-state index contributed by atoms with van der Waals surface area (Å²) in [5.41, 5.74) is 4.63. The number of hydrogen-bond acceptors (Lipinski definition) is 5. The summed E-state index contributed by atoms with van der Waals surface area (Å²) in [7, 11) is 1.64. The Balaban J connectivity index is 1.49. The predicted octanol–water partition coefficient (Wildman–Crippen LogP) is 5.55. The van der Waals surface area contributed by atoms with E-state index in [1.165, 1.54) is 18.2 Å². The standard InChI is InChI=1S/C26H21ClN2O4/c1-32-20-10-6-17(7-11-20)16-33-25-13-9-19(21-4-2-3-5-22(21)25)15-28-29-26(31)18-8-12-24(30)23(27)14-18/h2-15,30H,16H2,1H3,(H,29,31). The van der Waals surface area contributed by atoms with E-state index in [4.69, 9.17) is 21.1 Å². The molecule has 2 N–H and O–H groups in total. The van der Waals surface area contributed by atoms with Gasteiger partial charge in [-0.1, -0.05) is 48.0 Å². The number of methoxy groups -OCH3 is 1. The number of ether oxygens (including phenoxy) is 2. The quantitative estimate of drug-likeness (QED) is 0.280. The van der Waals surface area contributed by atoms with Crippen molar-refractivity contribution in [2.75, 3.05) is 7.11 Å². The lowest BCUT2D eigenvalue weighted by atomic mass is 10.0. The molecule has 0 aliphatic heterocycles. The first-order valence-electron chi connectivity index (χ1n) is 10.1. The molecular weight excluding hydrogens is 440 g/mol. The number of benzene rings is 4. The minimum absolute atomic E-state index is 0.0857.